The number of aromatic nitrogens is 5. The molecule has 42 heavy (non-hydrogen) atoms. The van der Waals surface area contributed by atoms with Crippen LogP contribution in [0.25, 0.3) is 10.9 Å². The van der Waals surface area contributed by atoms with E-state index >= 15 is 0 Å². The zero-order chi connectivity index (χ0) is 29.5. The standard InChI is InChI=1S/C31H35ClN8O2/c1-3-12-34-29(22-8-10-23(11-9-22)30(41)35-13-7-16-40-21-33-20-36-40)24-17-25-27(18-26(24)32)37-28(38(2)31(25)42)19-39-14-5-4-6-15-39/h1,8-11,17-18,20-21,29,34H,4-7,12-16,19H2,2H3,(H,35,41). The second kappa shape index (κ2) is 13.7. The lowest BCUT2D eigenvalue weighted by Gasteiger charge is -2.26. The second-order valence-corrected chi connectivity index (χ2v) is 10.9. The molecule has 0 saturated carbocycles. The number of amides is 1. The van der Waals surface area contributed by atoms with Crippen molar-refractivity contribution in [2.75, 3.05) is 26.2 Å². The molecule has 218 valence electrons. The number of piperidine rings is 1. The molecule has 0 aliphatic carbocycles. The Hall–Kier alpha value is -4.04. The number of hydrogen-bond acceptors (Lipinski definition) is 7. The van der Waals surface area contributed by atoms with Crippen molar-refractivity contribution in [1.29, 1.82) is 0 Å². The minimum Gasteiger partial charge on any atom is -0.352 e. The number of carbonyl (C=O) groups excluding carboxylic acids is 1. The van der Waals surface area contributed by atoms with E-state index in [1.165, 1.54) is 25.6 Å². The van der Waals surface area contributed by atoms with Gasteiger partial charge in [-0.15, -0.1) is 6.42 Å². The number of carbonyl (C=O) groups is 1. The van der Waals surface area contributed by atoms with E-state index in [0.29, 0.717) is 46.7 Å². The van der Waals surface area contributed by atoms with E-state index in [0.717, 1.165) is 30.9 Å². The first-order valence-electron chi connectivity index (χ1n) is 14.2. The summed E-state index contributed by atoms with van der Waals surface area (Å²) in [7, 11) is 1.77. The van der Waals surface area contributed by atoms with Crippen LogP contribution in [0.2, 0.25) is 5.02 Å². The first-order valence-corrected chi connectivity index (χ1v) is 14.6. The molecule has 11 heteroatoms. The molecule has 1 atom stereocenters. The lowest BCUT2D eigenvalue weighted by molar-refractivity contribution is 0.0952. The van der Waals surface area contributed by atoms with Crippen molar-refractivity contribution in [1.82, 2.24) is 39.8 Å². The van der Waals surface area contributed by atoms with Crippen LogP contribution in [-0.4, -0.2) is 61.3 Å². The summed E-state index contributed by atoms with van der Waals surface area (Å²) < 4.78 is 3.36. The number of fused-ring (bicyclic) bond motifs is 1. The number of likely N-dealkylation sites (tertiary alicyclic amines) is 1. The summed E-state index contributed by atoms with van der Waals surface area (Å²) in [5.74, 6) is 3.19. The van der Waals surface area contributed by atoms with Crippen LogP contribution >= 0.6 is 11.6 Å². The summed E-state index contributed by atoms with van der Waals surface area (Å²) in [4.78, 5) is 37.3. The molecule has 4 aromatic rings. The van der Waals surface area contributed by atoms with Gasteiger partial charge in [0.2, 0.25) is 0 Å². The average Bonchev–Trinajstić information content (AvgIpc) is 3.53. The Morgan fingerprint density at radius 1 is 1.17 bits per heavy atom. The highest BCUT2D eigenvalue weighted by atomic mass is 35.5. The number of nitrogens with one attached hydrogen (secondary N) is 2. The molecule has 1 unspecified atom stereocenters. The fourth-order valence-electron chi connectivity index (χ4n) is 5.32. The molecule has 1 aliphatic rings. The van der Waals surface area contributed by atoms with Crippen LogP contribution < -0.4 is 16.2 Å². The van der Waals surface area contributed by atoms with E-state index in [1.807, 2.05) is 18.2 Å². The summed E-state index contributed by atoms with van der Waals surface area (Å²) in [6.07, 6.45) is 13.0. The fraction of sp³-hybridized carbons (Fsp3) is 0.387. The predicted molar refractivity (Wildman–Crippen MR) is 163 cm³/mol. The summed E-state index contributed by atoms with van der Waals surface area (Å²) >= 11 is 6.83. The highest BCUT2D eigenvalue weighted by molar-refractivity contribution is 6.32. The third-order valence-corrected chi connectivity index (χ3v) is 7.97. The Morgan fingerprint density at radius 3 is 2.67 bits per heavy atom. The van der Waals surface area contributed by atoms with Crippen molar-refractivity contribution in [3.05, 3.63) is 86.9 Å². The van der Waals surface area contributed by atoms with Crippen molar-refractivity contribution in [3.8, 4) is 12.3 Å². The molecule has 0 radical (unpaired) electrons. The van der Waals surface area contributed by atoms with Gasteiger partial charge in [-0.2, -0.15) is 5.10 Å². The van der Waals surface area contributed by atoms with Crippen molar-refractivity contribution >= 4 is 28.4 Å². The molecule has 1 aliphatic heterocycles. The van der Waals surface area contributed by atoms with Gasteiger partial charge >= 0.3 is 0 Å². The van der Waals surface area contributed by atoms with Crippen molar-refractivity contribution in [3.63, 3.8) is 0 Å². The van der Waals surface area contributed by atoms with Gasteiger partial charge in [0.25, 0.3) is 11.5 Å². The van der Waals surface area contributed by atoms with Crippen LogP contribution in [0.1, 0.15) is 59.0 Å². The first kappa shape index (κ1) is 29.5. The van der Waals surface area contributed by atoms with E-state index < -0.39 is 6.04 Å². The maximum atomic E-state index is 13.5. The highest BCUT2D eigenvalue weighted by Crippen LogP contribution is 2.31. The van der Waals surface area contributed by atoms with Gasteiger partial charge in [0.1, 0.15) is 18.5 Å². The Labute approximate surface area is 250 Å². The zero-order valence-electron chi connectivity index (χ0n) is 23.7. The minimum atomic E-state index is -0.393. The SMILES string of the molecule is C#CCNC(c1ccc(C(=O)NCCCn2cncn2)cc1)c1cc2c(=O)n(C)c(CN3CCCCC3)nc2cc1Cl. The number of nitrogens with zero attached hydrogens (tertiary/aromatic N) is 6. The van der Waals surface area contributed by atoms with Crippen molar-refractivity contribution in [2.24, 2.45) is 7.05 Å². The maximum absolute atomic E-state index is 13.5. The molecule has 1 amide bonds. The van der Waals surface area contributed by atoms with Gasteiger partial charge in [-0.25, -0.2) is 9.97 Å². The van der Waals surface area contributed by atoms with Crippen LogP contribution in [0.3, 0.4) is 0 Å². The van der Waals surface area contributed by atoms with Gasteiger partial charge in [-0.05, 0) is 67.7 Å². The minimum absolute atomic E-state index is 0.114. The number of terminal acetylenes is 1. The molecule has 3 heterocycles. The van der Waals surface area contributed by atoms with Crippen LogP contribution in [0, 0.1) is 12.3 Å². The van der Waals surface area contributed by atoms with Crippen molar-refractivity contribution in [2.45, 2.75) is 44.8 Å². The molecule has 1 saturated heterocycles. The van der Waals surface area contributed by atoms with Gasteiger partial charge in [0.15, 0.2) is 0 Å². The molecule has 0 spiro atoms. The molecular formula is C31H35ClN8O2. The zero-order valence-corrected chi connectivity index (χ0v) is 24.5. The van der Waals surface area contributed by atoms with E-state index in [-0.39, 0.29) is 18.0 Å². The van der Waals surface area contributed by atoms with Gasteiger partial charge < -0.3 is 5.32 Å². The van der Waals surface area contributed by atoms with Crippen LogP contribution in [-0.2, 0) is 20.1 Å². The third kappa shape index (κ3) is 6.87. The largest absolute Gasteiger partial charge is 0.352 e. The molecule has 0 bridgehead atoms. The van der Waals surface area contributed by atoms with E-state index in [2.05, 4.69) is 31.5 Å². The number of hydrogen-bond donors (Lipinski definition) is 2. The number of rotatable bonds is 11. The van der Waals surface area contributed by atoms with Crippen LogP contribution in [0.5, 0.6) is 0 Å². The lowest BCUT2D eigenvalue weighted by atomic mass is 9.96. The smallest absolute Gasteiger partial charge is 0.261 e. The monoisotopic (exact) mass is 586 g/mol. The van der Waals surface area contributed by atoms with Crippen LogP contribution in [0.4, 0.5) is 0 Å². The topological polar surface area (TPSA) is 110 Å². The summed E-state index contributed by atoms with van der Waals surface area (Å²) in [5.41, 5.74) is 2.58. The maximum Gasteiger partial charge on any atom is 0.261 e. The Kier molecular flexibility index (Phi) is 9.64. The Bertz CT molecular complexity index is 1620. The summed E-state index contributed by atoms with van der Waals surface area (Å²) in [6.45, 7) is 4.14. The summed E-state index contributed by atoms with van der Waals surface area (Å²) in [5, 5.41) is 11.3. The van der Waals surface area contributed by atoms with Gasteiger partial charge in [0, 0.05) is 30.7 Å². The average molecular weight is 587 g/mol. The van der Waals surface area contributed by atoms with E-state index in [4.69, 9.17) is 23.0 Å². The van der Waals surface area contributed by atoms with E-state index in [9.17, 15) is 9.59 Å². The number of benzene rings is 2. The van der Waals surface area contributed by atoms with Crippen molar-refractivity contribution < 1.29 is 4.79 Å². The lowest BCUT2D eigenvalue weighted by Crippen LogP contribution is -2.33. The van der Waals surface area contributed by atoms with E-state index in [1.54, 1.807) is 40.8 Å². The quantitative estimate of drug-likeness (QED) is 0.205. The van der Waals surface area contributed by atoms with Gasteiger partial charge in [0.05, 0.1) is 30.0 Å². The predicted octanol–water partition coefficient (Wildman–Crippen LogP) is 3.30. The Morgan fingerprint density at radius 2 is 1.95 bits per heavy atom. The molecule has 1 fully saturated rings. The molecular weight excluding hydrogens is 552 g/mol. The van der Waals surface area contributed by atoms with Gasteiger partial charge in [-0.1, -0.05) is 36.1 Å². The molecule has 2 aromatic heterocycles. The molecule has 10 nitrogen and oxygen atoms in total. The first-order chi connectivity index (χ1) is 20.4. The summed E-state index contributed by atoms with van der Waals surface area (Å²) in [6, 6.07) is 10.5. The Balaban J connectivity index is 1.36. The molecule has 5 rings (SSSR count). The van der Waals surface area contributed by atoms with Crippen LogP contribution in [0.15, 0.2) is 53.8 Å². The fourth-order valence-corrected chi connectivity index (χ4v) is 5.59. The highest BCUT2D eigenvalue weighted by Gasteiger charge is 2.21. The third-order valence-electron chi connectivity index (χ3n) is 7.64. The second-order valence-electron chi connectivity index (χ2n) is 10.5. The molecule has 2 aromatic carbocycles. The van der Waals surface area contributed by atoms with Gasteiger partial charge in [-0.3, -0.25) is 29.1 Å². The number of aryl methyl sites for hydroxylation is 1. The molecule has 2 N–H and O–H groups in total. The normalized spacial score (nSPS) is 14.5. The number of halogens is 1.